The lowest BCUT2D eigenvalue weighted by Gasteiger charge is -2.18. The molecule has 5 nitrogen and oxygen atoms in total. The van der Waals surface area contributed by atoms with E-state index in [2.05, 4.69) is 5.10 Å². The molecule has 102 valence electrons. The molecule has 0 spiro atoms. The number of hydrogen-bond donors (Lipinski definition) is 1. The van der Waals surface area contributed by atoms with Crippen LogP contribution in [0.15, 0.2) is 6.07 Å². The van der Waals surface area contributed by atoms with Gasteiger partial charge in [0.2, 0.25) is 5.91 Å². The van der Waals surface area contributed by atoms with E-state index in [4.69, 9.17) is 0 Å². The third kappa shape index (κ3) is 4.49. The van der Waals surface area contributed by atoms with Crippen LogP contribution < -0.4 is 0 Å². The summed E-state index contributed by atoms with van der Waals surface area (Å²) < 4.78 is 1.86. The lowest BCUT2D eigenvalue weighted by Crippen LogP contribution is -2.30. The maximum Gasteiger partial charge on any atom is 0.224 e. The van der Waals surface area contributed by atoms with Crippen molar-refractivity contribution in [3.63, 3.8) is 0 Å². The smallest absolute Gasteiger partial charge is 0.224 e. The summed E-state index contributed by atoms with van der Waals surface area (Å²) in [5, 5.41) is 13.5. The third-order valence-corrected chi connectivity index (χ3v) is 2.95. The van der Waals surface area contributed by atoms with Crippen LogP contribution in [0.2, 0.25) is 0 Å². The van der Waals surface area contributed by atoms with Gasteiger partial charge >= 0.3 is 0 Å². The van der Waals surface area contributed by atoms with E-state index in [1.807, 2.05) is 24.6 Å². The van der Waals surface area contributed by atoms with Gasteiger partial charge < -0.3 is 10.0 Å². The van der Waals surface area contributed by atoms with Crippen molar-refractivity contribution in [3.8, 4) is 0 Å². The SMILES string of the molecule is Cc1cc(C)n(CCC(=O)N(C)CCC(C)O)n1. The Morgan fingerprint density at radius 3 is 2.72 bits per heavy atom. The van der Waals surface area contributed by atoms with Crippen molar-refractivity contribution in [2.75, 3.05) is 13.6 Å². The topological polar surface area (TPSA) is 58.4 Å². The molecule has 1 rings (SSSR count). The molecule has 1 amide bonds. The Balaban J connectivity index is 2.38. The van der Waals surface area contributed by atoms with E-state index in [-0.39, 0.29) is 12.0 Å². The summed E-state index contributed by atoms with van der Waals surface area (Å²) in [7, 11) is 1.77. The average Bonchev–Trinajstić information content (AvgIpc) is 2.61. The predicted octanol–water partition coefficient (Wildman–Crippen LogP) is 1.12. The van der Waals surface area contributed by atoms with Gasteiger partial charge in [0, 0.05) is 32.3 Å². The molecule has 0 bridgehead atoms. The highest BCUT2D eigenvalue weighted by Gasteiger charge is 2.10. The summed E-state index contributed by atoms with van der Waals surface area (Å²) in [4.78, 5) is 13.5. The minimum absolute atomic E-state index is 0.0863. The molecule has 0 fully saturated rings. The first-order valence-electron chi connectivity index (χ1n) is 6.33. The lowest BCUT2D eigenvalue weighted by molar-refractivity contribution is -0.130. The zero-order chi connectivity index (χ0) is 13.7. The predicted molar refractivity (Wildman–Crippen MR) is 70.3 cm³/mol. The van der Waals surface area contributed by atoms with Crippen molar-refractivity contribution in [3.05, 3.63) is 17.5 Å². The second-order valence-electron chi connectivity index (χ2n) is 4.85. The number of aryl methyl sites for hydroxylation is 3. The minimum atomic E-state index is -0.365. The van der Waals surface area contributed by atoms with Crippen LogP contribution in [-0.4, -0.2) is 45.4 Å². The number of carbonyl (C=O) groups is 1. The van der Waals surface area contributed by atoms with Gasteiger partial charge in [-0.3, -0.25) is 9.48 Å². The molecular formula is C13H23N3O2. The van der Waals surface area contributed by atoms with E-state index >= 15 is 0 Å². The van der Waals surface area contributed by atoms with Crippen LogP contribution in [0, 0.1) is 13.8 Å². The van der Waals surface area contributed by atoms with E-state index in [1.165, 1.54) is 0 Å². The summed E-state index contributed by atoms with van der Waals surface area (Å²) in [6.07, 6.45) is 0.691. The molecule has 0 radical (unpaired) electrons. The van der Waals surface area contributed by atoms with Crippen molar-refractivity contribution < 1.29 is 9.90 Å². The minimum Gasteiger partial charge on any atom is -0.393 e. The first kappa shape index (κ1) is 14.7. The van der Waals surface area contributed by atoms with E-state index in [0.717, 1.165) is 11.4 Å². The van der Waals surface area contributed by atoms with Gasteiger partial charge in [0.25, 0.3) is 0 Å². The molecule has 0 aliphatic carbocycles. The van der Waals surface area contributed by atoms with Crippen LogP contribution in [0.25, 0.3) is 0 Å². The Hall–Kier alpha value is -1.36. The maximum absolute atomic E-state index is 11.9. The van der Waals surface area contributed by atoms with E-state index in [9.17, 15) is 9.90 Å². The van der Waals surface area contributed by atoms with Crippen molar-refractivity contribution in [1.82, 2.24) is 14.7 Å². The van der Waals surface area contributed by atoms with Gasteiger partial charge in [-0.15, -0.1) is 0 Å². The number of aromatic nitrogens is 2. The van der Waals surface area contributed by atoms with Gasteiger partial charge in [-0.1, -0.05) is 0 Å². The van der Waals surface area contributed by atoms with Crippen molar-refractivity contribution in [2.45, 2.75) is 46.3 Å². The number of aliphatic hydroxyl groups excluding tert-OH is 1. The second kappa shape index (κ2) is 6.54. The highest BCUT2D eigenvalue weighted by Crippen LogP contribution is 2.04. The largest absolute Gasteiger partial charge is 0.393 e. The molecule has 0 aliphatic rings. The fourth-order valence-corrected chi connectivity index (χ4v) is 1.80. The number of aliphatic hydroxyl groups is 1. The van der Waals surface area contributed by atoms with Crippen molar-refractivity contribution >= 4 is 5.91 Å². The molecule has 1 unspecified atom stereocenters. The Morgan fingerprint density at radius 2 is 2.22 bits per heavy atom. The van der Waals surface area contributed by atoms with Gasteiger partial charge in [-0.25, -0.2) is 0 Å². The second-order valence-corrected chi connectivity index (χ2v) is 4.85. The maximum atomic E-state index is 11.9. The molecule has 0 saturated carbocycles. The number of carbonyl (C=O) groups excluding carboxylic acids is 1. The lowest BCUT2D eigenvalue weighted by atomic mass is 10.2. The Labute approximate surface area is 108 Å². The molecule has 0 saturated heterocycles. The van der Waals surface area contributed by atoms with Crippen molar-refractivity contribution in [2.24, 2.45) is 0 Å². The van der Waals surface area contributed by atoms with Gasteiger partial charge in [0.05, 0.1) is 11.8 Å². The van der Waals surface area contributed by atoms with E-state index in [0.29, 0.717) is 25.9 Å². The molecule has 0 aromatic carbocycles. The van der Waals surface area contributed by atoms with Crippen LogP contribution in [0.1, 0.15) is 31.2 Å². The summed E-state index contributed by atoms with van der Waals surface area (Å²) in [6.45, 7) is 6.86. The Bertz CT molecular complexity index is 399. The third-order valence-electron chi connectivity index (χ3n) is 2.95. The molecule has 1 heterocycles. The van der Waals surface area contributed by atoms with Gasteiger partial charge in [-0.05, 0) is 33.3 Å². The molecule has 5 heteroatoms. The molecular weight excluding hydrogens is 230 g/mol. The Kier molecular flexibility index (Phi) is 5.34. The van der Waals surface area contributed by atoms with Crippen LogP contribution in [0.5, 0.6) is 0 Å². The molecule has 1 aromatic heterocycles. The van der Waals surface area contributed by atoms with Gasteiger partial charge in [-0.2, -0.15) is 5.10 Å². The van der Waals surface area contributed by atoms with Crippen LogP contribution >= 0.6 is 0 Å². The van der Waals surface area contributed by atoms with E-state index < -0.39 is 0 Å². The summed E-state index contributed by atoms with van der Waals surface area (Å²) in [5.74, 6) is 0.0863. The fourth-order valence-electron chi connectivity index (χ4n) is 1.80. The van der Waals surface area contributed by atoms with Gasteiger partial charge in [0.1, 0.15) is 0 Å². The van der Waals surface area contributed by atoms with E-state index in [1.54, 1.807) is 18.9 Å². The summed E-state index contributed by atoms with van der Waals surface area (Å²) >= 11 is 0. The first-order valence-corrected chi connectivity index (χ1v) is 6.33. The molecule has 1 atom stereocenters. The van der Waals surface area contributed by atoms with Gasteiger partial charge in [0.15, 0.2) is 0 Å². The number of hydrogen-bond acceptors (Lipinski definition) is 3. The monoisotopic (exact) mass is 253 g/mol. The highest BCUT2D eigenvalue weighted by atomic mass is 16.3. The zero-order valence-electron chi connectivity index (χ0n) is 11.7. The number of rotatable bonds is 6. The van der Waals surface area contributed by atoms with Crippen LogP contribution in [0.3, 0.4) is 0 Å². The summed E-state index contributed by atoms with van der Waals surface area (Å²) in [5.41, 5.74) is 2.05. The molecule has 1 N–H and O–H groups in total. The highest BCUT2D eigenvalue weighted by molar-refractivity contribution is 5.75. The molecule has 1 aromatic rings. The van der Waals surface area contributed by atoms with Crippen LogP contribution in [0.4, 0.5) is 0 Å². The standard InChI is InChI=1S/C13H23N3O2/c1-10-9-11(2)16(14-10)8-6-13(18)15(4)7-5-12(3)17/h9,12,17H,5-8H2,1-4H3. The average molecular weight is 253 g/mol. The first-order chi connectivity index (χ1) is 8.40. The normalized spacial score (nSPS) is 12.5. The Morgan fingerprint density at radius 1 is 1.56 bits per heavy atom. The summed E-state index contributed by atoms with van der Waals surface area (Å²) in [6, 6.07) is 2.00. The number of amides is 1. The molecule has 18 heavy (non-hydrogen) atoms. The van der Waals surface area contributed by atoms with Crippen molar-refractivity contribution in [1.29, 1.82) is 0 Å². The fraction of sp³-hybridized carbons (Fsp3) is 0.692. The number of nitrogens with zero attached hydrogens (tertiary/aromatic N) is 3. The van der Waals surface area contributed by atoms with Crippen LogP contribution in [-0.2, 0) is 11.3 Å². The molecule has 0 aliphatic heterocycles. The zero-order valence-corrected chi connectivity index (χ0v) is 11.7. The quantitative estimate of drug-likeness (QED) is 0.826.